The number of amides is 1. The van der Waals surface area contributed by atoms with Crippen LogP contribution in [0.1, 0.15) is 63.2 Å². The molecule has 2 fully saturated rings. The second kappa shape index (κ2) is 13.5. The molecule has 0 bridgehead atoms. The Morgan fingerprint density at radius 2 is 2.04 bits per heavy atom. The van der Waals surface area contributed by atoms with Crippen LogP contribution in [-0.4, -0.2) is 86.8 Å². The van der Waals surface area contributed by atoms with Gasteiger partial charge >= 0.3 is 6.01 Å². The van der Waals surface area contributed by atoms with Gasteiger partial charge in [0.25, 0.3) is 0 Å². The summed E-state index contributed by atoms with van der Waals surface area (Å²) in [7, 11) is 3.56. The predicted molar refractivity (Wildman–Crippen MR) is 187 cm³/mol. The van der Waals surface area contributed by atoms with Crippen molar-refractivity contribution in [1.29, 1.82) is 0 Å². The first kappa shape index (κ1) is 35.1. The zero-order chi connectivity index (χ0) is 36.0. The molecule has 3 atom stereocenters. The van der Waals surface area contributed by atoms with E-state index in [1.54, 1.807) is 31.0 Å². The maximum absolute atomic E-state index is 17.0. The highest BCUT2D eigenvalue weighted by molar-refractivity contribution is 6.02. The second-order valence-corrected chi connectivity index (χ2v) is 13.8. The van der Waals surface area contributed by atoms with Gasteiger partial charge in [0.15, 0.2) is 5.82 Å². The quantitative estimate of drug-likeness (QED) is 0.147. The van der Waals surface area contributed by atoms with Crippen LogP contribution in [-0.2, 0) is 4.79 Å². The highest BCUT2D eigenvalue weighted by Crippen LogP contribution is 2.39. The summed E-state index contributed by atoms with van der Waals surface area (Å²) in [5, 5.41) is 14.8. The van der Waals surface area contributed by atoms with E-state index in [1.807, 2.05) is 18.9 Å². The van der Waals surface area contributed by atoms with Crippen molar-refractivity contribution in [3.8, 4) is 29.6 Å². The number of benzene rings is 2. The minimum Gasteiger partial charge on any atom is -0.461 e. The number of aliphatic hydroxyl groups excluding tert-OH is 1. The topological polar surface area (TPSA) is 104 Å². The number of anilines is 1. The molecule has 0 spiro atoms. The molecule has 3 heterocycles. The fraction of sp³-hybridized carbons (Fsp3) is 0.421. The first-order chi connectivity index (χ1) is 23.8. The Labute approximate surface area is 289 Å². The predicted octanol–water partition coefficient (Wildman–Crippen LogP) is 6.34. The number of nitrogens with one attached hydrogen (secondary N) is 1. The van der Waals surface area contributed by atoms with Gasteiger partial charge in [0, 0.05) is 43.7 Å². The number of likely N-dealkylation sites (tertiary alicyclic amines) is 1. The molecule has 2 N–H and O–H groups in total. The minimum absolute atomic E-state index is 0.0425. The zero-order valence-corrected chi connectivity index (χ0v) is 28.7. The number of carbonyl (C=O) groups excluding carboxylic acids is 1. The number of hydrogen-bond acceptors (Lipinski definition) is 8. The van der Waals surface area contributed by atoms with Gasteiger partial charge in [0.2, 0.25) is 5.91 Å². The molecule has 0 unspecified atom stereocenters. The molecule has 50 heavy (non-hydrogen) atoms. The molecule has 1 aliphatic carbocycles. The van der Waals surface area contributed by atoms with Crippen molar-refractivity contribution in [1.82, 2.24) is 24.8 Å². The molecule has 262 valence electrons. The number of aromatic nitrogens is 3. The lowest BCUT2D eigenvalue weighted by Gasteiger charge is -2.38. The lowest BCUT2D eigenvalue weighted by Crippen LogP contribution is -2.51. The SMILES string of the molecule is C#Cc1c(F)ccc2cc([C@@H](C)O)cc(-c3ncc4c(NCC5(N(C)C(=O)C=C)CCCC5)nc(OC[C@]5(C)C[C@@H](F)CN5C)nc4c3F)c12. The van der Waals surface area contributed by atoms with E-state index in [9.17, 15) is 18.7 Å². The van der Waals surface area contributed by atoms with Gasteiger partial charge in [-0.15, -0.1) is 6.42 Å². The van der Waals surface area contributed by atoms with E-state index >= 15 is 4.39 Å². The Kier molecular flexibility index (Phi) is 9.50. The second-order valence-electron chi connectivity index (χ2n) is 13.8. The summed E-state index contributed by atoms with van der Waals surface area (Å²) < 4.78 is 52.4. The maximum Gasteiger partial charge on any atom is 0.319 e. The van der Waals surface area contributed by atoms with Crippen LogP contribution in [0.3, 0.4) is 0 Å². The third-order valence-electron chi connectivity index (χ3n) is 10.5. The molecule has 1 amide bonds. The van der Waals surface area contributed by atoms with Crippen LogP contribution in [0.2, 0.25) is 0 Å². The summed E-state index contributed by atoms with van der Waals surface area (Å²) in [6, 6.07) is 5.83. The van der Waals surface area contributed by atoms with Crippen LogP contribution < -0.4 is 10.1 Å². The van der Waals surface area contributed by atoms with Crippen LogP contribution in [0.4, 0.5) is 19.0 Å². The van der Waals surface area contributed by atoms with Gasteiger partial charge in [-0.3, -0.25) is 14.7 Å². The molecule has 0 radical (unpaired) electrons. The summed E-state index contributed by atoms with van der Waals surface area (Å²) in [5.74, 6) is 0.920. The number of hydrogen-bond donors (Lipinski definition) is 2. The molecular formula is C38H41F3N6O3. The van der Waals surface area contributed by atoms with E-state index in [4.69, 9.17) is 11.2 Å². The van der Waals surface area contributed by atoms with E-state index in [1.165, 1.54) is 24.4 Å². The first-order valence-electron chi connectivity index (χ1n) is 16.7. The standard InChI is InChI=1S/C38H41F3N6O3/c1-7-26-29(40)12-11-23-15-24(22(3)48)16-27(31(23)26)33-32(41)34-28(18-42-33)35(43-20-38(13-9-10-14-38)47(6)30(49)8-2)45-36(44-34)50-21-37(4)17-25(39)19-46(37)5/h1,8,11-12,15-16,18,22,25,48H,2,9-10,13-14,17,19-21H2,3-6H3,(H,43,44,45)/t22-,25-,37+/m1/s1. The summed E-state index contributed by atoms with van der Waals surface area (Å²) >= 11 is 0. The molecule has 2 aromatic heterocycles. The van der Waals surface area contributed by atoms with Gasteiger partial charge in [-0.1, -0.05) is 31.4 Å². The van der Waals surface area contributed by atoms with Crippen molar-refractivity contribution >= 4 is 33.4 Å². The third-order valence-corrected chi connectivity index (χ3v) is 10.5. The Hall–Kier alpha value is -4.73. The van der Waals surface area contributed by atoms with Crippen LogP contribution in [0.15, 0.2) is 43.1 Å². The van der Waals surface area contributed by atoms with Crippen molar-refractivity contribution in [3.05, 3.63) is 65.9 Å². The average Bonchev–Trinajstić information content (AvgIpc) is 3.68. The summed E-state index contributed by atoms with van der Waals surface area (Å²) in [6.07, 6.45) is 10.1. The highest BCUT2D eigenvalue weighted by Gasteiger charge is 2.42. The molecule has 9 nitrogen and oxygen atoms in total. The van der Waals surface area contributed by atoms with Crippen molar-refractivity contribution < 1.29 is 27.8 Å². The number of carbonyl (C=O) groups is 1. The van der Waals surface area contributed by atoms with E-state index < -0.39 is 35.0 Å². The van der Waals surface area contributed by atoms with Crippen LogP contribution >= 0.6 is 0 Å². The molecule has 2 aromatic carbocycles. The van der Waals surface area contributed by atoms with Gasteiger partial charge in [0.1, 0.15) is 35.6 Å². The number of likely N-dealkylation sites (N-methyl/N-ethyl adjacent to an activating group) is 2. The number of aliphatic hydroxyl groups is 1. The largest absolute Gasteiger partial charge is 0.461 e. The summed E-state index contributed by atoms with van der Waals surface area (Å²) in [6.45, 7) is 7.70. The molecule has 12 heteroatoms. The van der Waals surface area contributed by atoms with E-state index in [2.05, 4.69) is 32.8 Å². The summed E-state index contributed by atoms with van der Waals surface area (Å²) in [5.41, 5.74) is -0.894. The minimum atomic E-state index is -1.02. The number of halogens is 3. The molecular weight excluding hydrogens is 645 g/mol. The Bertz CT molecular complexity index is 2030. The number of fused-ring (bicyclic) bond motifs is 2. The normalized spacial score (nSPS) is 20.9. The zero-order valence-electron chi connectivity index (χ0n) is 28.7. The van der Waals surface area contributed by atoms with Crippen LogP contribution in [0.5, 0.6) is 6.01 Å². The number of terminal acetylenes is 1. The van der Waals surface area contributed by atoms with Crippen molar-refractivity contribution in [2.75, 3.05) is 39.1 Å². The fourth-order valence-corrected chi connectivity index (χ4v) is 7.34. The molecule has 1 saturated heterocycles. The van der Waals surface area contributed by atoms with E-state index in [0.717, 1.165) is 25.7 Å². The van der Waals surface area contributed by atoms with Crippen molar-refractivity contribution in [2.24, 2.45) is 0 Å². The first-order valence-corrected chi connectivity index (χ1v) is 16.7. The fourth-order valence-electron chi connectivity index (χ4n) is 7.34. The van der Waals surface area contributed by atoms with Gasteiger partial charge in [-0.2, -0.15) is 9.97 Å². The Balaban J connectivity index is 1.50. The van der Waals surface area contributed by atoms with Gasteiger partial charge in [0.05, 0.1) is 28.1 Å². The number of pyridine rings is 1. The number of alkyl halides is 1. The van der Waals surface area contributed by atoms with Crippen molar-refractivity contribution in [3.63, 3.8) is 0 Å². The average molecular weight is 687 g/mol. The lowest BCUT2D eigenvalue weighted by molar-refractivity contribution is -0.129. The number of rotatable bonds is 10. The highest BCUT2D eigenvalue weighted by atomic mass is 19.1. The Morgan fingerprint density at radius 3 is 2.68 bits per heavy atom. The summed E-state index contributed by atoms with van der Waals surface area (Å²) in [4.78, 5) is 29.9. The van der Waals surface area contributed by atoms with Crippen LogP contribution in [0, 0.1) is 24.0 Å². The van der Waals surface area contributed by atoms with Crippen LogP contribution in [0.25, 0.3) is 32.9 Å². The maximum atomic E-state index is 17.0. The van der Waals surface area contributed by atoms with E-state index in [-0.39, 0.29) is 70.4 Å². The monoisotopic (exact) mass is 686 g/mol. The van der Waals surface area contributed by atoms with Gasteiger partial charge in [-0.05, 0) is 69.0 Å². The molecule has 1 aliphatic heterocycles. The van der Waals surface area contributed by atoms with Gasteiger partial charge in [-0.25, -0.2) is 13.2 Å². The molecule has 4 aromatic rings. The van der Waals surface area contributed by atoms with E-state index in [0.29, 0.717) is 17.5 Å². The molecule has 1 saturated carbocycles. The third kappa shape index (κ3) is 6.24. The molecule has 6 rings (SSSR count). The van der Waals surface area contributed by atoms with Crippen molar-refractivity contribution in [2.45, 2.75) is 69.3 Å². The number of ether oxygens (including phenoxy) is 1. The Morgan fingerprint density at radius 1 is 1.30 bits per heavy atom. The smallest absolute Gasteiger partial charge is 0.319 e. The lowest BCUT2D eigenvalue weighted by atomic mass is 9.92. The van der Waals surface area contributed by atoms with Gasteiger partial charge < -0.3 is 20.1 Å². The molecule has 2 aliphatic rings. The number of nitrogens with zero attached hydrogens (tertiary/aromatic N) is 5.